The lowest BCUT2D eigenvalue weighted by molar-refractivity contribution is 0.0907. The van der Waals surface area contributed by atoms with Crippen LogP contribution in [0, 0.1) is 5.92 Å². The van der Waals surface area contributed by atoms with Crippen LogP contribution >= 0.6 is 0 Å². The van der Waals surface area contributed by atoms with Crippen LogP contribution in [0.4, 0.5) is 0 Å². The standard InChI is InChI=1S/C12H21N5O/c1-2-10(8-13-6-1)9-18-7-5-12-14-15-16-17(12)11-3-4-11/h10-11,13H,1-9H2/t10-/m0/s1. The maximum absolute atomic E-state index is 5.75. The summed E-state index contributed by atoms with van der Waals surface area (Å²) in [7, 11) is 0. The van der Waals surface area contributed by atoms with E-state index in [4.69, 9.17) is 4.74 Å². The van der Waals surface area contributed by atoms with Crippen molar-refractivity contribution < 1.29 is 4.74 Å². The molecule has 2 fully saturated rings. The number of nitrogens with zero attached hydrogens (tertiary/aromatic N) is 4. The summed E-state index contributed by atoms with van der Waals surface area (Å²) in [5, 5.41) is 15.3. The van der Waals surface area contributed by atoms with Gasteiger partial charge in [-0.25, -0.2) is 4.68 Å². The van der Waals surface area contributed by atoms with Gasteiger partial charge >= 0.3 is 0 Å². The van der Waals surface area contributed by atoms with E-state index in [0.717, 1.165) is 38.5 Å². The van der Waals surface area contributed by atoms with Crippen molar-refractivity contribution in [2.75, 3.05) is 26.3 Å². The minimum absolute atomic E-state index is 0.553. The Morgan fingerprint density at radius 3 is 3.06 bits per heavy atom. The van der Waals surface area contributed by atoms with Crippen LogP contribution in [0.5, 0.6) is 0 Å². The van der Waals surface area contributed by atoms with Crippen LogP contribution in [0.1, 0.15) is 37.5 Å². The van der Waals surface area contributed by atoms with Gasteiger partial charge in [0.25, 0.3) is 0 Å². The first kappa shape index (κ1) is 12.0. The summed E-state index contributed by atoms with van der Waals surface area (Å²) in [6, 6.07) is 0.553. The number of rotatable bonds is 6. The van der Waals surface area contributed by atoms with E-state index < -0.39 is 0 Å². The minimum Gasteiger partial charge on any atom is -0.381 e. The summed E-state index contributed by atoms with van der Waals surface area (Å²) < 4.78 is 7.72. The molecule has 1 aromatic rings. The zero-order valence-electron chi connectivity index (χ0n) is 10.7. The fraction of sp³-hybridized carbons (Fsp3) is 0.917. The Kier molecular flexibility index (Phi) is 3.85. The Labute approximate surface area is 107 Å². The van der Waals surface area contributed by atoms with E-state index in [-0.39, 0.29) is 0 Å². The first-order valence-corrected chi connectivity index (χ1v) is 6.98. The normalized spacial score (nSPS) is 24.3. The highest BCUT2D eigenvalue weighted by Gasteiger charge is 2.27. The van der Waals surface area contributed by atoms with Gasteiger partial charge in [-0.05, 0) is 48.6 Å². The van der Waals surface area contributed by atoms with Crippen molar-refractivity contribution in [3.05, 3.63) is 5.82 Å². The predicted molar refractivity (Wildman–Crippen MR) is 66.2 cm³/mol. The monoisotopic (exact) mass is 251 g/mol. The second-order valence-corrected chi connectivity index (χ2v) is 5.31. The molecular weight excluding hydrogens is 230 g/mol. The van der Waals surface area contributed by atoms with Crippen LogP contribution in [0.15, 0.2) is 0 Å². The second kappa shape index (κ2) is 5.75. The Bertz CT molecular complexity index is 370. The van der Waals surface area contributed by atoms with Gasteiger partial charge in [-0.3, -0.25) is 0 Å². The molecule has 1 saturated carbocycles. The molecule has 0 aromatic carbocycles. The molecule has 0 amide bonds. The van der Waals surface area contributed by atoms with E-state index in [1.165, 1.54) is 25.7 Å². The number of hydrogen-bond acceptors (Lipinski definition) is 5. The maximum atomic E-state index is 5.75. The van der Waals surface area contributed by atoms with Gasteiger partial charge < -0.3 is 10.1 Å². The van der Waals surface area contributed by atoms with Gasteiger partial charge in [0.05, 0.1) is 19.3 Å². The van der Waals surface area contributed by atoms with Crippen LogP contribution in [-0.2, 0) is 11.2 Å². The third-order valence-corrected chi connectivity index (χ3v) is 3.68. The Morgan fingerprint density at radius 1 is 1.33 bits per heavy atom. The molecule has 0 unspecified atom stereocenters. The summed E-state index contributed by atoms with van der Waals surface area (Å²) in [5.74, 6) is 1.65. The lowest BCUT2D eigenvalue weighted by Crippen LogP contribution is -2.32. The third kappa shape index (κ3) is 3.05. The number of aromatic nitrogens is 4. The summed E-state index contributed by atoms with van der Waals surface area (Å²) in [6.45, 7) is 3.84. The van der Waals surface area contributed by atoms with Crippen LogP contribution in [-0.4, -0.2) is 46.5 Å². The van der Waals surface area contributed by atoms with Gasteiger partial charge in [0, 0.05) is 13.0 Å². The van der Waals surface area contributed by atoms with Gasteiger partial charge in [0.15, 0.2) is 5.82 Å². The quantitative estimate of drug-likeness (QED) is 0.749. The SMILES string of the molecule is C1CNC[C@@H](COCCc2nnnn2C2CC2)C1. The van der Waals surface area contributed by atoms with Crippen LogP contribution in [0.3, 0.4) is 0 Å². The summed E-state index contributed by atoms with van der Waals surface area (Å²) in [4.78, 5) is 0. The van der Waals surface area contributed by atoms with Crippen molar-refractivity contribution in [3.8, 4) is 0 Å². The van der Waals surface area contributed by atoms with E-state index in [0.29, 0.717) is 12.0 Å². The number of piperidine rings is 1. The largest absolute Gasteiger partial charge is 0.381 e. The molecule has 2 heterocycles. The molecule has 3 rings (SSSR count). The van der Waals surface area contributed by atoms with Crippen LogP contribution < -0.4 is 5.32 Å². The molecule has 1 aromatic heterocycles. The average molecular weight is 251 g/mol. The lowest BCUT2D eigenvalue weighted by Gasteiger charge is -2.22. The zero-order chi connectivity index (χ0) is 12.2. The van der Waals surface area contributed by atoms with Crippen LogP contribution in [0.2, 0.25) is 0 Å². The highest BCUT2D eigenvalue weighted by atomic mass is 16.5. The molecule has 1 atom stereocenters. The summed E-state index contributed by atoms with van der Waals surface area (Å²) in [6.07, 6.45) is 5.81. The second-order valence-electron chi connectivity index (χ2n) is 5.31. The molecule has 1 aliphatic carbocycles. The molecule has 1 aliphatic heterocycles. The molecule has 0 bridgehead atoms. The van der Waals surface area contributed by atoms with E-state index in [2.05, 4.69) is 20.8 Å². The smallest absolute Gasteiger partial charge is 0.153 e. The first-order valence-electron chi connectivity index (χ1n) is 6.98. The fourth-order valence-corrected chi connectivity index (χ4v) is 2.46. The average Bonchev–Trinajstić information content (AvgIpc) is 3.16. The Balaban J connectivity index is 1.37. The number of ether oxygens (including phenoxy) is 1. The molecule has 2 aliphatic rings. The molecule has 1 saturated heterocycles. The van der Waals surface area contributed by atoms with E-state index in [9.17, 15) is 0 Å². The van der Waals surface area contributed by atoms with Crippen molar-refractivity contribution in [2.45, 2.75) is 38.1 Å². The van der Waals surface area contributed by atoms with E-state index >= 15 is 0 Å². The van der Waals surface area contributed by atoms with Gasteiger partial charge in [-0.2, -0.15) is 0 Å². The van der Waals surface area contributed by atoms with Gasteiger partial charge in [0.2, 0.25) is 0 Å². The number of nitrogens with one attached hydrogen (secondary N) is 1. The van der Waals surface area contributed by atoms with Crippen molar-refractivity contribution in [1.82, 2.24) is 25.5 Å². The van der Waals surface area contributed by atoms with E-state index in [1.807, 2.05) is 4.68 Å². The molecular formula is C12H21N5O. The predicted octanol–water partition coefficient (Wildman–Crippen LogP) is 0.567. The lowest BCUT2D eigenvalue weighted by atomic mass is 10.0. The molecule has 0 radical (unpaired) electrons. The molecule has 18 heavy (non-hydrogen) atoms. The minimum atomic E-state index is 0.553. The maximum Gasteiger partial charge on any atom is 0.153 e. The molecule has 6 heteroatoms. The Morgan fingerprint density at radius 2 is 2.28 bits per heavy atom. The molecule has 1 N–H and O–H groups in total. The Hall–Kier alpha value is -1.01. The van der Waals surface area contributed by atoms with Crippen LogP contribution in [0.25, 0.3) is 0 Å². The van der Waals surface area contributed by atoms with Crippen molar-refractivity contribution >= 4 is 0 Å². The van der Waals surface area contributed by atoms with Gasteiger partial charge in [0.1, 0.15) is 0 Å². The third-order valence-electron chi connectivity index (χ3n) is 3.68. The molecule has 6 nitrogen and oxygen atoms in total. The fourth-order valence-electron chi connectivity index (χ4n) is 2.46. The topological polar surface area (TPSA) is 64.9 Å². The number of hydrogen-bond donors (Lipinski definition) is 1. The highest BCUT2D eigenvalue weighted by molar-refractivity contribution is 4.90. The number of tetrazole rings is 1. The molecule has 0 spiro atoms. The summed E-state index contributed by atoms with van der Waals surface area (Å²) >= 11 is 0. The van der Waals surface area contributed by atoms with Crippen molar-refractivity contribution in [1.29, 1.82) is 0 Å². The van der Waals surface area contributed by atoms with Crippen molar-refractivity contribution in [2.24, 2.45) is 5.92 Å². The van der Waals surface area contributed by atoms with E-state index in [1.54, 1.807) is 0 Å². The van der Waals surface area contributed by atoms with Gasteiger partial charge in [-0.15, -0.1) is 5.10 Å². The summed E-state index contributed by atoms with van der Waals surface area (Å²) in [5.41, 5.74) is 0. The van der Waals surface area contributed by atoms with Crippen molar-refractivity contribution in [3.63, 3.8) is 0 Å². The van der Waals surface area contributed by atoms with Gasteiger partial charge in [-0.1, -0.05) is 0 Å². The zero-order valence-corrected chi connectivity index (χ0v) is 10.7. The first-order chi connectivity index (χ1) is 8.93. The highest BCUT2D eigenvalue weighted by Crippen LogP contribution is 2.34. The molecule has 100 valence electrons.